The quantitative estimate of drug-likeness (QED) is 0.646. The van der Waals surface area contributed by atoms with Crippen molar-refractivity contribution in [2.45, 2.75) is 33.3 Å². The molecule has 3 nitrogen and oxygen atoms in total. The van der Waals surface area contributed by atoms with E-state index >= 15 is 0 Å². The summed E-state index contributed by atoms with van der Waals surface area (Å²) in [6, 6.07) is 0. The SMILES string of the molecule is CC(C)(C)C#CCC(=O)C1COCCO1. The highest BCUT2D eigenvalue weighted by Crippen LogP contribution is 2.10. The van der Waals surface area contributed by atoms with Crippen LogP contribution in [-0.2, 0) is 14.3 Å². The number of hydrogen-bond donors (Lipinski definition) is 0. The van der Waals surface area contributed by atoms with E-state index in [-0.39, 0.29) is 17.6 Å². The Morgan fingerprint density at radius 1 is 1.40 bits per heavy atom. The number of hydrogen-bond acceptors (Lipinski definition) is 3. The van der Waals surface area contributed by atoms with Gasteiger partial charge >= 0.3 is 0 Å². The van der Waals surface area contributed by atoms with Gasteiger partial charge in [-0.3, -0.25) is 4.79 Å². The summed E-state index contributed by atoms with van der Waals surface area (Å²) in [7, 11) is 0. The molecular weight excluding hydrogens is 192 g/mol. The summed E-state index contributed by atoms with van der Waals surface area (Å²) in [5.74, 6) is 5.93. The van der Waals surface area contributed by atoms with Crippen LogP contribution in [-0.4, -0.2) is 31.7 Å². The van der Waals surface area contributed by atoms with Crippen LogP contribution in [0.25, 0.3) is 0 Å². The predicted molar refractivity (Wildman–Crippen MR) is 57.4 cm³/mol. The van der Waals surface area contributed by atoms with E-state index in [9.17, 15) is 4.79 Å². The molecule has 1 unspecified atom stereocenters. The van der Waals surface area contributed by atoms with Crippen molar-refractivity contribution in [2.75, 3.05) is 19.8 Å². The summed E-state index contributed by atoms with van der Waals surface area (Å²) in [4.78, 5) is 11.6. The second kappa shape index (κ2) is 5.29. The standard InChI is InChI=1S/C12H18O3/c1-12(2,3)6-4-5-10(13)11-9-14-7-8-15-11/h11H,5,7-9H2,1-3H3. The van der Waals surface area contributed by atoms with Crippen molar-refractivity contribution >= 4 is 5.78 Å². The van der Waals surface area contributed by atoms with Gasteiger partial charge in [0.05, 0.1) is 26.2 Å². The van der Waals surface area contributed by atoms with Crippen molar-refractivity contribution in [2.24, 2.45) is 5.41 Å². The Morgan fingerprint density at radius 2 is 2.13 bits per heavy atom. The zero-order valence-electron chi connectivity index (χ0n) is 9.63. The molecule has 1 fully saturated rings. The Bertz CT molecular complexity index is 271. The highest BCUT2D eigenvalue weighted by atomic mass is 16.6. The van der Waals surface area contributed by atoms with Crippen LogP contribution < -0.4 is 0 Å². The first-order chi connectivity index (χ1) is 6.99. The van der Waals surface area contributed by atoms with Gasteiger partial charge in [0.15, 0.2) is 5.78 Å². The number of ketones is 1. The van der Waals surface area contributed by atoms with Gasteiger partial charge in [-0.2, -0.15) is 0 Å². The van der Waals surface area contributed by atoms with Crippen molar-refractivity contribution in [3.63, 3.8) is 0 Å². The van der Waals surface area contributed by atoms with E-state index in [4.69, 9.17) is 9.47 Å². The minimum absolute atomic E-state index is 0.0199. The van der Waals surface area contributed by atoms with E-state index in [0.717, 1.165) is 0 Å². The molecule has 1 rings (SSSR count). The number of ether oxygens (including phenoxy) is 2. The smallest absolute Gasteiger partial charge is 0.175 e. The number of Topliss-reactive ketones (excluding diaryl/α,β-unsaturated/α-hetero) is 1. The average Bonchev–Trinajstić information content (AvgIpc) is 2.17. The van der Waals surface area contributed by atoms with E-state index in [1.807, 2.05) is 20.8 Å². The molecule has 0 radical (unpaired) electrons. The topological polar surface area (TPSA) is 35.5 Å². The van der Waals surface area contributed by atoms with Crippen LogP contribution in [0, 0.1) is 17.3 Å². The molecule has 0 aromatic carbocycles. The lowest BCUT2D eigenvalue weighted by Gasteiger charge is -2.20. The molecular formula is C12H18O3. The predicted octanol–water partition coefficient (Wildman–Crippen LogP) is 1.41. The van der Waals surface area contributed by atoms with Crippen molar-refractivity contribution in [1.29, 1.82) is 0 Å². The Morgan fingerprint density at radius 3 is 2.67 bits per heavy atom. The van der Waals surface area contributed by atoms with E-state index in [2.05, 4.69) is 11.8 Å². The second-order valence-electron chi connectivity index (χ2n) is 4.63. The summed E-state index contributed by atoms with van der Waals surface area (Å²) >= 11 is 0. The van der Waals surface area contributed by atoms with Crippen LogP contribution in [0.1, 0.15) is 27.2 Å². The lowest BCUT2D eigenvalue weighted by molar-refractivity contribution is -0.144. The molecule has 0 aliphatic carbocycles. The molecule has 1 heterocycles. The lowest BCUT2D eigenvalue weighted by atomic mass is 9.97. The maximum atomic E-state index is 11.6. The maximum absolute atomic E-state index is 11.6. The Kier molecular flexibility index (Phi) is 4.31. The number of rotatable bonds is 2. The Hall–Kier alpha value is -0.850. The van der Waals surface area contributed by atoms with Crippen molar-refractivity contribution in [3.05, 3.63) is 0 Å². The molecule has 1 atom stereocenters. The molecule has 1 aliphatic rings. The van der Waals surface area contributed by atoms with Gasteiger partial charge in [-0.15, -0.1) is 0 Å². The molecule has 0 aromatic rings. The highest BCUT2D eigenvalue weighted by molar-refractivity contribution is 5.85. The van der Waals surface area contributed by atoms with Gasteiger partial charge < -0.3 is 9.47 Å². The molecule has 0 saturated carbocycles. The molecule has 1 saturated heterocycles. The molecule has 15 heavy (non-hydrogen) atoms. The van der Waals surface area contributed by atoms with Gasteiger partial charge in [0.1, 0.15) is 6.10 Å². The monoisotopic (exact) mass is 210 g/mol. The third-order valence-electron chi connectivity index (χ3n) is 1.90. The minimum atomic E-state index is -0.409. The van der Waals surface area contributed by atoms with Gasteiger partial charge in [-0.05, 0) is 20.8 Å². The zero-order valence-corrected chi connectivity index (χ0v) is 9.63. The molecule has 0 spiro atoms. The van der Waals surface area contributed by atoms with Crippen LogP contribution in [0.4, 0.5) is 0 Å². The van der Waals surface area contributed by atoms with Gasteiger partial charge in [0, 0.05) is 5.41 Å². The van der Waals surface area contributed by atoms with E-state index in [0.29, 0.717) is 19.8 Å². The van der Waals surface area contributed by atoms with E-state index in [1.165, 1.54) is 0 Å². The first-order valence-electron chi connectivity index (χ1n) is 5.21. The summed E-state index contributed by atoms with van der Waals surface area (Å²) in [6.07, 6.45) is -0.154. The molecule has 84 valence electrons. The third-order valence-corrected chi connectivity index (χ3v) is 1.90. The number of carbonyl (C=O) groups excluding carboxylic acids is 1. The van der Waals surface area contributed by atoms with Crippen LogP contribution >= 0.6 is 0 Å². The first kappa shape index (κ1) is 12.2. The van der Waals surface area contributed by atoms with Crippen molar-refractivity contribution in [1.82, 2.24) is 0 Å². The molecule has 3 heteroatoms. The van der Waals surface area contributed by atoms with E-state index < -0.39 is 6.10 Å². The third kappa shape index (κ3) is 4.96. The van der Waals surface area contributed by atoms with Crippen LogP contribution in [0.15, 0.2) is 0 Å². The first-order valence-corrected chi connectivity index (χ1v) is 5.21. The zero-order chi connectivity index (χ0) is 11.3. The summed E-state index contributed by atoms with van der Waals surface area (Å²) < 4.78 is 10.4. The normalized spacial score (nSPS) is 21.7. The minimum Gasteiger partial charge on any atom is -0.376 e. The van der Waals surface area contributed by atoms with Crippen LogP contribution in [0.2, 0.25) is 0 Å². The van der Waals surface area contributed by atoms with Crippen molar-refractivity contribution in [3.8, 4) is 11.8 Å². The van der Waals surface area contributed by atoms with E-state index in [1.54, 1.807) is 0 Å². The molecule has 0 amide bonds. The molecule has 0 bridgehead atoms. The lowest BCUT2D eigenvalue weighted by Crippen LogP contribution is -2.35. The molecule has 0 aromatic heterocycles. The number of carbonyl (C=O) groups is 1. The average molecular weight is 210 g/mol. The van der Waals surface area contributed by atoms with Gasteiger partial charge in [0.2, 0.25) is 0 Å². The maximum Gasteiger partial charge on any atom is 0.175 e. The van der Waals surface area contributed by atoms with Gasteiger partial charge in [0.25, 0.3) is 0 Å². The highest BCUT2D eigenvalue weighted by Gasteiger charge is 2.21. The van der Waals surface area contributed by atoms with Crippen molar-refractivity contribution < 1.29 is 14.3 Å². The van der Waals surface area contributed by atoms with Crippen LogP contribution in [0.5, 0.6) is 0 Å². The largest absolute Gasteiger partial charge is 0.376 e. The summed E-state index contributed by atoms with van der Waals surface area (Å²) in [5.41, 5.74) is -0.0514. The Balaban J connectivity index is 2.37. The fraction of sp³-hybridized carbons (Fsp3) is 0.750. The Labute approximate surface area is 91.1 Å². The van der Waals surface area contributed by atoms with Gasteiger partial charge in [-0.1, -0.05) is 11.8 Å². The molecule has 1 aliphatic heterocycles. The fourth-order valence-corrected chi connectivity index (χ4v) is 1.18. The van der Waals surface area contributed by atoms with Crippen LogP contribution in [0.3, 0.4) is 0 Å². The van der Waals surface area contributed by atoms with Gasteiger partial charge in [-0.25, -0.2) is 0 Å². The summed E-state index contributed by atoms with van der Waals surface area (Å²) in [6.45, 7) is 7.51. The summed E-state index contributed by atoms with van der Waals surface area (Å²) in [5, 5.41) is 0. The fourth-order valence-electron chi connectivity index (χ4n) is 1.18. The molecule has 0 N–H and O–H groups in total. The second-order valence-corrected chi connectivity index (χ2v) is 4.63.